The zero-order valence-corrected chi connectivity index (χ0v) is 15.5. The first-order chi connectivity index (χ1) is 13.0. The molecule has 140 valence electrons. The molecular formula is C22H23NO4. The number of carboxylic acids is 1. The molecule has 0 bridgehead atoms. The van der Waals surface area contributed by atoms with Crippen LogP contribution < -0.4 is 4.74 Å². The summed E-state index contributed by atoms with van der Waals surface area (Å²) >= 11 is 0. The van der Waals surface area contributed by atoms with Gasteiger partial charge in [0.2, 0.25) is 5.89 Å². The average Bonchev–Trinajstić information content (AvgIpc) is 3.04. The van der Waals surface area contributed by atoms with Crippen LogP contribution in [0.2, 0.25) is 0 Å². The van der Waals surface area contributed by atoms with Gasteiger partial charge in [-0.1, -0.05) is 37.3 Å². The van der Waals surface area contributed by atoms with Crippen molar-refractivity contribution < 1.29 is 19.1 Å². The molecule has 27 heavy (non-hydrogen) atoms. The van der Waals surface area contributed by atoms with Crippen molar-refractivity contribution in [2.75, 3.05) is 6.61 Å². The molecule has 0 saturated carbocycles. The Labute approximate surface area is 158 Å². The molecule has 1 heterocycles. The molecular weight excluding hydrogens is 342 g/mol. The van der Waals surface area contributed by atoms with Gasteiger partial charge in [-0.15, -0.1) is 0 Å². The van der Waals surface area contributed by atoms with E-state index in [0.29, 0.717) is 25.3 Å². The van der Waals surface area contributed by atoms with Gasteiger partial charge in [-0.2, -0.15) is 0 Å². The van der Waals surface area contributed by atoms with Gasteiger partial charge in [-0.3, -0.25) is 4.79 Å². The quantitative estimate of drug-likeness (QED) is 0.635. The molecule has 3 rings (SSSR count). The Hall–Kier alpha value is -3.08. The predicted octanol–water partition coefficient (Wildman–Crippen LogP) is 4.53. The highest BCUT2D eigenvalue weighted by Gasteiger charge is 2.12. The van der Waals surface area contributed by atoms with E-state index in [1.807, 2.05) is 61.5 Å². The van der Waals surface area contributed by atoms with E-state index in [9.17, 15) is 4.79 Å². The lowest BCUT2D eigenvalue weighted by molar-refractivity contribution is -0.141. The number of aromatic nitrogens is 1. The van der Waals surface area contributed by atoms with E-state index in [1.165, 1.54) is 0 Å². The predicted molar refractivity (Wildman–Crippen MR) is 103 cm³/mol. The summed E-state index contributed by atoms with van der Waals surface area (Å²) in [4.78, 5) is 15.5. The summed E-state index contributed by atoms with van der Waals surface area (Å²) in [7, 11) is 0. The standard InChI is InChI=1S/C22H23NO4/c1-15(22(24)25)14-17-8-10-19(11-9-17)26-13-12-20-16(2)27-21(23-20)18-6-4-3-5-7-18/h3-11,15H,12-14H2,1-2H3,(H,24,25)/t15-/m0/s1. The molecule has 0 aliphatic rings. The Morgan fingerprint density at radius 1 is 1.15 bits per heavy atom. The second kappa shape index (κ2) is 8.54. The minimum absolute atomic E-state index is 0.397. The fourth-order valence-electron chi connectivity index (χ4n) is 2.79. The molecule has 0 saturated heterocycles. The number of nitrogens with zero attached hydrogens (tertiary/aromatic N) is 1. The number of ether oxygens (including phenoxy) is 1. The Morgan fingerprint density at radius 2 is 1.85 bits per heavy atom. The molecule has 5 nitrogen and oxygen atoms in total. The van der Waals surface area contributed by atoms with Crippen molar-refractivity contribution in [2.45, 2.75) is 26.7 Å². The van der Waals surface area contributed by atoms with Gasteiger partial charge < -0.3 is 14.3 Å². The Kier molecular flexibility index (Phi) is 5.91. The number of oxazole rings is 1. The van der Waals surface area contributed by atoms with Gasteiger partial charge in [-0.05, 0) is 43.2 Å². The summed E-state index contributed by atoms with van der Waals surface area (Å²) < 4.78 is 11.6. The van der Waals surface area contributed by atoms with Crippen molar-refractivity contribution in [3.8, 4) is 17.2 Å². The zero-order chi connectivity index (χ0) is 19.2. The molecule has 0 unspecified atom stereocenters. The van der Waals surface area contributed by atoms with E-state index < -0.39 is 11.9 Å². The van der Waals surface area contributed by atoms with Crippen LogP contribution >= 0.6 is 0 Å². The van der Waals surface area contributed by atoms with Crippen LogP contribution in [0.4, 0.5) is 0 Å². The van der Waals surface area contributed by atoms with Crippen LogP contribution in [0.25, 0.3) is 11.5 Å². The van der Waals surface area contributed by atoms with Gasteiger partial charge in [0.25, 0.3) is 0 Å². The first kappa shape index (κ1) is 18.7. The lowest BCUT2D eigenvalue weighted by atomic mass is 10.0. The second-order valence-corrected chi connectivity index (χ2v) is 6.57. The van der Waals surface area contributed by atoms with Gasteiger partial charge >= 0.3 is 5.97 Å². The molecule has 0 amide bonds. The third-order valence-corrected chi connectivity index (χ3v) is 4.41. The third kappa shape index (κ3) is 4.97. The summed E-state index contributed by atoms with van der Waals surface area (Å²) in [5, 5.41) is 8.98. The molecule has 0 spiro atoms. The lowest BCUT2D eigenvalue weighted by Crippen LogP contribution is -2.12. The van der Waals surface area contributed by atoms with E-state index in [4.69, 9.17) is 14.3 Å². The van der Waals surface area contributed by atoms with Crippen molar-refractivity contribution in [3.63, 3.8) is 0 Å². The number of rotatable bonds is 8. The van der Waals surface area contributed by atoms with E-state index in [2.05, 4.69) is 4.98 Å². The first-order valence-corrected chi connectivity index (χ1v) is 8.99. The monoisotopic (exact) mass is 365 g/mol. The van der Waals surface area contributed by atoms with Crippen LogP contribution in [-0.4, -0.2) is 22.7 Å². The van der Waals surface area contributed by atoms with Crippen LogP contribution in [0.5, 0.6) is 5.75 Å². The van der Waals surface area contributed by atoms with Gasteiger partial charge in [0.15, 0.2) is 0 Å². The molecule has 0 aliphatic carbocycles. The summed E-state index contributed by atoms with van der Waals surface area (Å²) in [5.74, 6) is 1.00. The van der Waals surface area contributed by atoms with E-state index in [-0.39, 0.29) is 0 Å². The molecule has 0 fully saturated rings. The van der Waals surface area contributed by atoms with Crippen molar-refractivity contribution in [2.24, 2.45) is 5.92 Å². The minimum atomic E-state index is -0.784. The van der Waals surface area contributed by atoms with Gasteiger partial charge in [0.05, 0.1) is 18.2 Å². The largest absolute Gasteiger partial charge is 0.493 e. The van der Waals surface area contributed by atoms with Crippen LogP contribution in [-0.2, 0) is 17.6 Å². The fraction of sp³-hybridized carbons (Fsp3) is 0.273. The normalized spacial score (nSPS) is 11.9. The number of hydrogen-bond acceptors (Lipinski definition) is 4. The molecule has 0 radical (unpaired) electrons. The van der Waals surface area contributed by atoms with Crippen LogP contribution in [0.15, 0.2) is 59.0 Å². The zero-order valence-electron chi connectivity index (χ0n) is 15.5. The van der Waals surface area contributed by atoms with Crippen molar-refractivity contribution in [1.82, 2.24) is 4.98 Å². The molecule has 0 aliphatic heterocycles. The SMILES string of the molecule is Cc1oc(-c2ccccc2)nc1CCOc1ccc(C[C@H](C)C(=O)O)cc1. The number of carbonyl (C=O) groups is 1. The van der Waals surface area contributed by atoms with Gasteiger partial charge in [-0.25, -0.2) is 4.98 Å². The highest BCUT2D eigenvalue weighted by atomic mass is 16.5. The van der Waals surface area contributed by atoms with Crippen molar-refractivity contribution >= 4 is 5.97 Å². The van der Waals surface area contributed by atoms with Gasteiger partial charge in [0, 0.05) is 12.0 Å². The van der Waals surface area contributed by atoms with E-state index >= 15 is 0 Å². The number of hydrogen-bond donors (Lipinski definition) is 1. The maximum atomic E-state index is 10.9. The van der Waals surface area contributed by atoms with E-state index in [1.54, 1.807) is 6.92 Å². The highest BCUT2D eigenvalue weighted by Crippen LogP contribution is 2.22. The summed E-state index contributed by atoms with van der Waals surface area (Å²) in [6.07, 6.45) is 1.16. The number of carboxylic acid groups (broad SMARTS) is 1. The Balaban J connectivity index is 1.54. The Bertz CT molecular complexity index is 884. The summed E-state index contributed by atoms with van der Waals surface area (Å²) in [6.45, 7) is 4.11. The van der Waals surface area contributed by atoms with Crippen LogP contribution in [0.3, 0.4) is 0 Å². The molecule has 5 heteroatoms. The average molecular weight is 365 g/mol. The number of benzene rings is 2. The van der Waals surface area contributed by atoms with Crippen LogP contribution in [0, 0.1) is 12.8 Å². The molecule has 2 aromatic carbocycles. The minimum Gasteiger partial charge on any atom is -0.493 e. The smallest absolute Gasteiger partial charge is 0.306 e. The van der Waals surface area contributed by atoms with Crippen molar-refractivity contribution in [3.05, 3.63) is 71.6 Å². The molecule has 3 aromatic rings. The van der Waals surface area contributed by atoms with Gasteiger partial charge in [0.1, 0.15) is 11.5 Å². The number of aryl methyl sites for hydroxylation is 1. The fourth-order valence-corrected chi connectivity index (χ4v) is 2.79. The molecule has 1 N–H and O–H groups in total. The second-order valence-electron chi connectivity index (χ2n) is 6.57. The summed E-state index contributed by atoms with van der Waals surface area (Å²) in [5.41, 5.74) is 2.83. The molecule has 1 aromatic heterocycles. The lowest BCUT2D eigenvalue weighted by Gasteiger charge is -2.08. The maximum Gasteiger partial charge on any atom is 0.306 e. The Morgan fingerprint density at radius 3 is 2.52 bits per heavy atom. The first-order valence-electron chi connectivity index (χ1n) is 8.99. The summed E-state index contributed by atoms with van der Waals surface area (Å²) in [6, 6.07) is 17.4. The highest BCUT2D eigenvalue weighted by molar-refractivity contribution is 5.69. The van der Waals surface area contributed by atoms with E-state index in [0.717, 1.165) is 28.3 Å². The topological polar surface area (TPSA) is 72.6 Å². The number of aliphatic carboxylic acids is 1. The van der Waals surface area contributed by atoms with Crippen molar-refractivity contribution in [1.29, 1.82) is 0 Å². The molecule has 1 atom stereocenters. The van der Waals surface area contributed by atoms with Crippen LogP contribution in [0.1, 0.15) is 23.9 Å². The maximum absolute atomic E-state index is 10.9. The third-order valence-electron chi connectivity index (χ3n) is 4.41.